The molecule has 0 bridgehead atoms. The van der Waals surface area contributed by atoms with Gasteiger partial charge in [0.05, 0.1) is 5.54 Å². The van der Waals surface area contributed by atoms with E-state index in [2.05, 4.69) is 10.1 Å². The predicted octanol–water partition coefficient (Wildman–Crippen LogP) is 2.07. The first-order chi connectivity index (χ1) is 8.04. The minimum atomic E-state index is -0.489. The molecule has 0 aliphatic carbocycles. The lowest BCUT2D eigenvalue weighted by Crippen LogP contribution is -2.36. The summed E-state index contributed by atoms with van der Waals surface area (Å²) >= 11 is 0. The molecule has 5 nitrogen and oxygen atoms in total. The van der Waals surface area contributed by atoms with E-state index in [1.807, 2.05) is 20.8 Å². The number of ether oxygens (including phenoxy) is 1. The Labute approximate surface area is 102 Å². The van der Waals surface area contributed by atoms with E-state index < -0.39 is 11.1 Å². The highest BCUT2D eigenvalue weighted by atomic mass is 16.5. The van der Waals surface area contributed by atoms with Crippen molar-refractivity contribution in [1.82, 2.24) is 10.1 Å². The van der Waals surface area contributed by atoms with Gasteiger partial charge in [-0.05, 0) is 32.6 Å². The van der Waals surface area contributed by atoms with Crippen molar-refractivity contribution in [2.24, 2.45) is 5.73 Å². The van der Waals surface area contributed by atoms with Gasteiger partial charge in [-0.2, -0.15) is 4.98 Å². The van der Waals surface area contributed by atoms with Gasteiger partial charge in [-0.1, -0.05) is 19.0 Å². The van der Waals surface area contributed by atoms with Crippen LogP contribution in [0.1, 0.15) is 58.2 Å². The van der Waals surface area contributed by atoms with Crippen molar-refractivity contribution in [1.29, 1.82) is 0 Å². The Hall–Kier alpha value is -0.940. The first kappa shape index (κ1) is 12.5. The van der Waals surface area contributed by atoms with Crippen molar-refractivity contribution in [3.63, 3.8) is 0 Å². The molecular formula is C12H21N3O2. The van der Waals surface area contributed by atoms with E-state index in [1.54, 1.807) is 0 Å². The van der Waals surface area contributed by atoms with Gasteiger partial charge in [-0.15, -0.1) is 0 Å². The van der Waals surface area contributed by atoms with E-state index in [1.165, 1.54) is 0 Å². The van der Waals surface area contributed by atoms with Gasteiger partial charge in [-0.3, -0.25) is 0 Å². The minimum absolute atomic E-state index is 0.423. The average Bonchev–Trinajstić information content (AvgIpc) is 2.97. The summed E-state index contributed by atoms with van der Waals surface area (Å²) in [5.74, 6) is 1.15. The van der Waals surface area contributed by atoms with Crippen LogP contribution in [0.15, 0.2) is 4.52 Å². The second-order valence-electron chi connectivity index (χ2n) is 4.97. The molecule has 17 heavy (non-hydrogen) atoms. The lowest BCUT2D eigenvalue weighted by molar-refractivity contribution is -0.00937. The van der Waals surface area contributed by atoms with Crippen molar-refractivity contribution >= 4 is 0 Å². The van der Waals surface area contributed by atoms with Crippen molar-refractivity contribution in [2.75, 3.05) is 6.61 Å². The summed E-state index contributed by atoms with van der Waals surface area (Å²) in [6, 6.07) is 0. The zero-order valence-electron chi connectivity index (χ0n) is 10.8. The van der Waals surface area contributed by atoms with Gasteiger partial charge in [0, 0.05) is 6.61 Å². The molecule has 5 heteroatoms. The minimum Gasteiger partial charge on any atom is -0.365 e. The number of nitrogens with zero attached hydrogens (tertiary/aromatic N) is 2. The van der Waals surface area contributed by atoms with Gasteiger partial charge in [0.25, 0.3) is 5.89 Å². The third-order valence-corrected chi connectivity index (χ3v) is 3.80. The Morgan fingerprint density at radius 1 is 1.41 bits per heavy atom. The molecule has 1 unspecified atom stereocenters. The first-order valence-electron chi connectivity index (χ1n) is 6.31. The standard InChI is InChI=1S/C12H21N3O2/c1-4-12(13,5-2)9-14-10(17-15-9)11(3)7-6-8-16-11/h4-8,13H2,1-3H3. The summed E-state index contributed by atoms with van der Waals surface area (Å²) in [6.45, 7) is 6.82. The molecule has 1 aliphatic heterocycles. The topological polar surface area (TPSA) is 74.2 Å². The Bertz CT molecular complexity index is 360. The van der Waals surface area contributed by atoms with E-state index in [9.17, 15) is 0 Å². The van der Waals surface area contributed by atoms with Gasteiger partial charge in [0.1, 0.15) is 5.60 Å². The van der Waals surface area contributed by atoms with Crippen LogP contribution < -0.4 is 5.73 Å². The molecule has 1 aromatic heterocycles. The van der Waals surface area contributed by atoms with Crippen LogP contribution in [0.5, 0.6) is 0 Å². The van der Waals surface area contributed by atoms with Gasteiger partial charge in [-0.25, -0.2) is 0 Å². The first-order valence-corrected chi connectivity index (χ1v) is 6.31. The molecule has 0 spiro atoms. The van der Waals surface area contributed by atoms with Crippen LogP contribution in [0.3, 0.4) is 0 Å². The Morgan fingerprint density at radius 2 is 2.12 bits per heavy atom. The summed E-state index contributed by atoms with van der Waals surface area (Å²) in [5, 5.41) is 4.03. The molecule has 1 saturated heterocycles. The van der Waals surface area contributed by atoms with Crippen LogP contribution in [-0.4, -0.2) is 16.7 Å². The molecule has 2 heterocycles. The van der Waals surface area contributed by atoms with E-state index >= 15 is 0 Å². The lowest BCUT2D eigenvalue weighted by Gasteiger charge is -2.22. The van der Waals surface area contributed by atoms with Crippen LogP contribution in [-0.2, 0) is 15.9 Å². The maximum Gasteiger partial charge on any atom is 0.258 e. The largest absolute Gasteiger partial charge is 0.365 e. The smallest absolute Gasteiger partial charge is 0.258 e. The highest BCUT2D eigenvalue weighted by Crippen LogP contribution is 2.35. The van der Waals surface area contributed by atoms with Crippen LogP contribution in [0.4, 0.5) is 0 Å². The van der Waals surface area contributed by atoms with Crippen LogP contribution in [0, 0.1) is 0 Å². The van der Waals surface area contributed by atoms with E-state index in [0.717, 1.165) is 32.3 Å². The Kier molecular flexibility index (Phi) is 3.23. The van der Waals surface area contributed by atoms with Crippen LogP contribution in [0.25, 0.3) is 0 Å². The molecular weight excluding hydrogens is 218 g/mol. The maximum atomic E-state index is 6.25. The zero-order valence-corrected chi connectivity index (χ0v) is 10.8. The van der Waals surface area contributed by atoms with Crippen LogP contribution >= 0.6 is 0 Å². The molecule has 1 atom stereocenters. The fraction of sp³-hybridized carbons (Fsp3) is 0.833. The van der Waals surface area contributed by atoms with Gasteiger partial charge in [0.15, 0.2) is 5.82 Å². The molecule has 1 aliphatic rings. The van der Waals surface area contributed by atoms with Crippen molar-refractivity contribution in [3.05, 3.63) is 11.7 Å². The second-order valence-corrected chi connectivity index (χ2v) is 4.97. The molecule has 0 saturated carbocycles. The van der Waals surface area contributed by atoms with E-state index in [4.69, 9.17) is 15.0 Å². The molecule has 2 rings (SSSR count). The third-order valence-electron chi connectivity index (χ3n) is 3.80. The Balaban J connectivity index is 2.27. The quantitative estimate of drug-likeness (QED) is 0.870. The summed E-state index contributed by atoms with van der Waals surface area (Å²) in [4.78, 5) is 4.45. The second kappa shape index (κ2) is 4.38. The third kappa shape index (κ3) is 2.09. The summed E-state index contributed by atoms with van der Waals surface area (Å²) in [7, 11) is 0. The molecule has 0 aromatic carbocycles. The molecule has 96 valence electrons. The molecule has 1 aromatic rings. The van der Waals surface area contributed by atoms with Gasteiger partial charge >= 0.3 is 0 Å². The lowest BCUT2D eigenvalue weighted by atomic mass is 9.93. The van der Waals surface area contributed by atoms with Crippen LogP contribution in [0.2, 0.25) is 0 Å². The molecule has 0 radical (unpaired) electrons. The summed E-state index contributed by atoms with van der Waals surface area (Å²) in [5.41, 5.74) is 5.33. The summed E-state index contributed by atoms with van der Waals surface area (Å²) in [6.07, 6.45) is 3.54. The van der Waals surface area contributed by atoms with Gasteiger partial charge in [0.2, 0.25) is 0 Å². The number of hydrogen-bond donors (Lipinski definition) is 1. The zero-order chi connectivity index (χ0) is 12.5. The van der Waals surface area contributed by atoms with Crippen molar-refractivity contribution in [3.8, 4) is 0 Å². The number of nitrogens with two attached hydrogens (primary N) is 1. The predicted molar refractivity (Wildman–Crippen MR) is 63.3 cm³/mol. The van der Waals surface area contributed by atoms with E-state index in [0.29, 0.717) is 11.7 Å². The fourth-order valence-corrected chi connectivity index (χ4v) is 2.15. The SMILES string of the molecule is CCC(N)(CC)c1noc(C2(C)CCCO2)n1. The summed E-state index contributed by atoms with van der Waals surface area (Å²) < 4.78 is 11.0. The Morgan fingerprint density at radius 3 is 2.65 bits per heavy atom. The van der Waals surface area contributed by atoms with Crippen molar-refractivity contribution < 1.29 is 9.26 Å². The highest BCUT2D eigenvalue weighted by molar-refractivity contribution is 5.07. The molecule has 2 N–H and O–H groups in total. The molecule has 1 fully saturated rings. The average molecular weight is 239 g/mol. The number of hydrogen-bond acceptors (Lipinski definition) is 5. The highest BCUT2D eigenvalue weighted by Gasteiger charge is 2.39. The molecule has 0 amide bonds. The van der Waals surface area contributed by atoms with Gasteiger partial charge < -0.3 is 15.0 Å². The normalized spacial score (nSPS) is 25.4. The maximum absolute atomic E-state index is 6.25. The monoisotopic (exact) mass is 239 g/mol. The van der Waals surface area contributed by atoms with Crippen molar-refractivity contribution in [2.45, 2.75) is 57.6 Å². The number of aromatic nitrogens is 2. The van der Waals surface area contributed by atoms with E-state index in [-0.39, 0.29) is 0 Å². The number of rotatable bonds is 4. The fourth-order valence-electron chi connectivity index (χ4n) is 2.15.